The first-order valence-corrected chi connectivity index (χ1v) is 9.45. The zero-order valence-corrected chi connectivity index (χ0v) is 15.1. The number of benzene rings is 1. The van der Waals surface area contributed by atoms with Gasteiger partial charge in [-0.1, -0.05) is 65.0 Å². The first kappa shape index (κ1) is 18.3. The molecule has 1 aromatic rings. The molecule has 2 N–H and O–H groups in total. The van der Waals surface area contributed by atoms with Crippen molar-refractivity contribution in [3.8, 4) is 5.75 Å². The third kappa shape index (κ3) is 4.97. The molecule has 1 fully saturated rings. The first-order chi connectivity index (χ1) is 10.9. The van der Waals surface area contributed by atoms with Gasteiger partial charge < -0.3 is 10.2 Å². The highest BCUT2D eigenvalue weighted by Crippen LogP contribution is 2.40. The molecule has 0 heterocycles. The standard InChI is InChI=1S/C21H34O2/c1-4-5-6-7-13-21(2,3)17-11-12-19(20(23)15-17)16-9-8-10-18(22)14-16/h11-12,15-16,18,22-23H,4-10,13-14H2,1-3H3/t16-,18+/m0/s1. The first-order valence-electron chi connectivity index (χ1n) is 9.45. The van der Waals surface area contributed by atoms with Crippen molar-refractivity contribution >= 4 is 0 Å². The quantitative estimate of drug-likeness (QED) is 0.637. The molecule has 0 saturated heterocycles. The number of aromatic hydroxyl groups is 1. The molecule has 2 nitrogen and oxygen atoms in total. The Balaban J connectivity index is 2.05. The van der Waals surface area contributed by atoms with Crippen LogP contribution in [0.5, 0.6) is 5.75 Å². The van der Waals surface area contributed by atoms with E-state index < -0.39 is 0 Å². The van der Waals surface area contributed by atoms with Crippen LogP contribution in [0.25, 0.3) is 0 Å². The average molecular weight is 319 g/mol. The third-order valence-corrected chi connectivity index (χ3v) is 5.55. The number of aliphatic hydroxyl groups is 1. The average Bonchev–Trinajstić information content (AvgIpc) is 2.51. The van der Waals surface area contributed by atoms with Crippen LogP contribution < -0.4 is 0 Å². The molecule has 0 unspecified atom stereocenters. The molecule has 2 rings (SSSR count). The number of phenolic OH excluding ortho intramolecular Hbond substituents is 1. The maximum atomic E-state index is 10.5. The Bertz CT molecular complexity index is 493. The topological polar surface area (TPSA) is 40.5 Å². The van der Waals surface area contributed by atoms with E-state index in [0.717, 1.165) is 37.7 Å². The molecule has 2 heteroatoms. The Morgan fingerprint density at radius 3 is 2.57 bits per heavy atom. The van der Waals surface area contributed by atoms with Gasteiger partial charge in [0, 0.05) is 0 Å². The normalized spacial score (nSPS) is 22.3. The van der Waals surface area contributed by atoms with Gasteiger partial charge in [0.1, 0.15) is 5.75 Å². The lowest BCUT2D eigenvalue weighted by Crippen LogP contribution is -2.19. The van der Waals surface area contributed by atoms with Crippen molar-refractivity contribution in [2.24, 2.45) is 0 Å². The molecule has 0 radical (unpaired) electrons. The van der Waals surface area contributed by atoms with Gasteiger partial charge in [-0.2, -0.15) is 0 Å². The van der Waals surface area contributed by atoms with E-state index in [9.17, 15) is 10.2 Å². The van der Waals surface area contributed by atoms with Crippen molar-refractivity contribution in [1.29, 1.82) is 0 Å². The van der Waals surface area contributed by atoms with Gasteiger partial charge in [-0.15, -0.1) is 0 Å². The molecule has 1 aliphatic carbocycles. The Kier molecular flexibility index (Phi) is 6.52. The Hall–Kier alpha value is -1.02. The summed E-state index contributed by atoms with van der Waals surface area (Å²) in [5.74, 6) is 0.726. The van der Waals surface area contributed by atoms with Crippen LogP contribution >= 0.6 is 0 Å². The van der Waals surface area contributed by atoms with E-state index in [1.54, 1.807) is 0 Å². The Morgan fingerprint density at radius 2 is 1.91 bits per heavy atom. The molecule has 1 aromatic carbocycles. The SMILES string of the molecule is CCCCCCC(C)(C)c1ccc([C@H]2CCC[C@@H](O)C2)c(O)c1. The monoisotopic (exact) mass is 318 g/mol. The second kappa shape index (κ2) is 8.19. The number of unbranched alkanes of at least 4 members (excludes halogenated alkanes) is 3. The summed E-state index contributed by atoms with van der Waals surface area (Å²) in [7, 11) is 0. The van der Waals surface area contributed by atoms with Crippen LogP contribution in [0.2, 0.25) is 0 Å². The highest BCUT2D eigenvalue weighted by atomic mass is 16.3. The van der Waals surface area contributed by atoms with Gasteiger partial charge >= 0.3 is 0 Å². The molecule has 0 aromatic heterocycles. The molecule has 0 aliphatic heterocycles. The zero-order valence-electron chi connectivity index (χ0n) is 15.1. The molecule has 23 heavy (non-hydrogen) atoms. The fraction of sp³-hybridized carbons (Fsp3) is 0.714. The van der Waals surface area contributed by atoms with Crippen LogP contribution in [0.1, 0.15) is 95.6 Å². The zero-order chi connectivity index (χ0) is 16.9. The number of hydrogen-bond acceptors (Lipinski definition) is 2. The van der Waals surface area contributed by atoms with Crippen LogP contribution in [0.4, 0.5) is 0 Å². The molecule has 1 aliphatic rings. The van der Waals surface area contributed by atoms with E-state index in [1.807, 2.05) is 6.07 Å². The Morgan fingerprint density at radius 1 is 1.13 bits per heavy atom. The highest BCUT2D eigenvalue weighted by molar-refractivity contribution is 5.41. The molecule has 1 saturated carbocycles. The fourth-order valence-corrected chi connectivity index (χ4v) is 3.89. The largest absolute Gasteiger partial charge is 0.508 e. The van der Waals surface area contributed by atoms with Gasteiger partial charge in [0.2, 0.25) is 0 Å². The van der Waals surface area contributed by atoms with Crippen molar-refractivity contribution in [3.05, 3.63) is 29.3 Å². The van der Waals surface area contributed by atoms with E-state index in [-0.39, 0.29) is 11.5 Å². The molecular formula is C21H34O2. The smallest absolute Gasteiger partial charge is 0.119 e. The lowest BCUT2D eigenvalue weighted by molar-refractivity contribution is 0.119. The summed E-state index contributed by atoms with van der Waals surface area (Å²) in [5.41, 5.74) is 2.36. The van der Waals surface area contributed by atoms with Crippen LogP contribution in [0, 0.1) is 0 Å². The number of hydrogen-bond donors (Lipinski definition) is 2. The van der Waals surface area contributed by atoms with E-state index in [0.29, 0.717) is 11.7 Å². The Labute approximate surface area is 141 Å². The summed E-state index contributed by atoms with van der Waals surface area (Å²) in [6, 6.07) is 6.26. The van der Waals surface area contributed by atoms with Gasteiger partial charge in [-0.3, -0.25) is 0 Å². The van der Waals surface area contributed by atoms with Gasteiger partial charge in [-0.25, -0.2) is 0 Å². The van der Waals surface area contributed by atoms with Crippen LogP contribution in [0.3, 0.4) is 0 Å². The minimum absolute atomic E-state index is 0.107. The number of aliphatic hydroxyl groups excluding tert-OH is 1. The van der Waals surface area contributed by atoms with E-state index >= 15 is 0 Å². The van der Waals surface area contributed by atoms with E-state index in [2.05, 4.69) is 32.9 Å². The van der Waals surface area contributed by atoms with Crippen LogP contribution in [-0.2, 0) is 5.41 Å². The number of phenols is 1. The van der Waals surface area contributed by atoms with Crippen molar-refractivity contribution < 1.29 is 10.2 Å². The fourth-order valence-electron chi connectivity index (χ4n) is 3.89. The summed E-state index contributed by atoms with van der Waals surface area (Å²) in [6.45, 7) is 6.79. The van der Waals surface area contributed by atoms with Gasteiger partial charge in [0.05, 0.1) is 6.10 Å². The molecule has 0 bridgehead atoms. The second-order valence-corrected chi connectivity index (χ2v) is 7.99. The summed E-state index contributed by atoms with van der Waals surface area (Å²) in [6.07, 6.45) is 9.89. The lowest BCUT2D eigenvalue weighted by atomic mass is 9.77. The summed E-state index contributed by atoms with van der Waals surface area (Å²) >= 11 is 0. The maximum absolute atomic E-state index is 10.5. The van der Waals surface area contributed by atoms with Crippen molar-refractivity contribution in [3.63, 3.8) is 0 Å². The van der Waals surface area contributed by atoms with E-state index in [1.165, 1.54) is 31.2 Å². The lowest BCUT2D eigenvalue weighted by Gasteiger charge is -2.29. The highest BCUT2D eigenvalue weighted by Gasteiger charge is 2.26. The maximum Gasteiger partial charge on any atom is 0.119 e. The van der Waals surface area contributed by atoms with Gasteiger partial charge in [0.15, 0.2) is 0 Å². The molecule has 0 spiro atoms. The second-order valence-electron chi connectivity index (χ2n) is 7.99. The van der Waals surface area contributed by atoms with Crippen molar-refractivity contribution in [2.45, 2.75) is 96.0 Å². The minimum atomic E-state index is -0.206. The summed E-state index contributed by atoms with van der Waals surface area (Å²) < 4.78 is 0. The molecular weight excluding hydrogens is 284 g/mol. The van der Waals surface area contributed by atoms with Crippen LogP contribution in [0.15, 0.2) is 18.2 Å². The molecule has 0 amide bonds. The third-order valence-electron chi connectivity index (χ3n) is 5.55. The number of rotatable bonds is 7. The van der Waals surface area contributed by atoms with Gasteiger partial charge in [0.25, 0.3) is 0 Å². The predicted molar refractivity (Wildman–Crippen MR) is 97.1 cm³/mol. The van der Waals surface area contributed by atoms with Gasteiger partial charge in [-0.05, 0) is 54.2 Å². The minimum Gasteiger partial charge on any atom is -0.508 e. The van der Waals surface area contributed by atoms with Crippen molar-refractivity contribution in [2.75, 3.05) is 0 Å². The summed E-state index contributed by atoms with van der Waals surface area (Å²) in [4.78, 5) is 0. The molecule has 2 atom stereocenters. The van der Waals surface area contributed by atoms with Crippen LogP contribution in [-0.4, -0.2) is 16.3 Å². The molecule has 130 valence electrons. The predicted octanol–water partition coefficient (Wildman–Crippen LogP) is 5.66. The van der Waals surface area contributed by atoms with Crippen molar-refractivity contribution in [1.82, 2.24) is 0 Å². The van der Waals surface area contributed by atoms with E-state index in [4.69, 9.17) is 0 Å². The summed E-state index contributed by atoms with van der Waals surface area (Å²) in [5, 5.41) is 20.4.